The summed E-state index contributed by atoms with van der Waals surface area (Å²) in [6.07, 6.45) is 2.64. The van der Waals surface area contributed by atoms with Crippen LogP contribution in [0.5, 0.6) is 11.5 Å². The largest absolute Gasteiger partial charge is 0.491 e. The molecule has 0 unspecified atom stereocenters. The number of benzene rings is 1. The summed E-state index contributed by atoms with van der Waals surface area (Å²) in [7, 11) is 0. The minimum atomic E-state index is -3.01. The van der Waals surface area contributed by atoms with E-state index in [0.29, 0.717) is 0 Å². The fourth-order valence-electron chi connectivity index (χ4n) is 2.39. The number of aromatic nitrogens is 5. The lowest BCUT2D eigenvalue weighted by molar-refractivity contribution is -0.394. The number of amides is 1. The molecule has 1 amide bonds. The van der Waals surface area contributed by atoms with Crippen LogP contribution < -0.4 is 14.8 Å². The predicted octanol–water partition coefficient (Wildman–Crippen LogP) is 2.14. The SMILES string of the molecule is CCOc1cc(NC(=O)c2ccn(Cn3cnc([N+](=O)[O-])n3)n2)ccc1OC(F)F. The van der Waals surface area contributed by atoms with Crippen LogP contribution in [0.4, 0.5) is 20.4 Å². The summed E-state index contributed by atoms with van der Waals surface area (Å²) in [5.41, 5.74) is 0.335. The Labute approximate surface area is 167 Å². The van der Waals surface area contributed by atoms with E-state index < -0.39 is 23.4 Å². The summed E-state index contributed by atoms with van der Waals surface area (Å²) in [6.45, 7) is -1.13. The van der Waals surface area contributed by atoms with Crippen molar-refractivity contribution < 1.29 is 28.0 Å². The number of alkyl halides is 2. The molecule has 3 aromatic rings. The number of anilines is 1. The van der Waals surface area contributed by atoms with Crippen LogP contribution in [0.2, 0.25) is 0 Å². The van der Waals surface area contributed by atoms with Gasteiger partial charge in [0.2, 0.25) is 6.33 Å². The van der Waals surface area contributed by atoms with E-state index in [1.165, 1.54) is 39.8 Å². The number of hydrogen-bond acceptors (Lipinski definition) is 8. The Morgan fingerprint density at radius 1 is 1.27 bits per heavy atom. The third-order valence-corrected chi connectivity index (χ3v) is 3.57. The normalized spacial score (nSPS) is 10.8. The van der Waals surface area contributed by atoms with Gasteiger partial charge in [0.1, 0.15) is 0 Å². The molecule has 30 heavy (non-hydrogen) atoms. The zero-order valence-corrected chi connectivity index (χ0v) is 15.4. The molecule has 0 radical (unpaired) electrons. The van der Waals surface area contributed by atoms with E-state index in [2.05, 4.69) is 25.2 Å². The van der Waals surface area contributed by atoms with Gasteiger partial charge in [0, 0.05) is 23.0 Å². The van der Waals surface area contributed by atoms with Gasteiger partial charge in [0.05, 0.1) is 6.61 Å². The van der Waals surface area contributed by atoms with Gasteiger partial charge in [-0.1, -0.05) is 4.98 Å². The molecular formula is C16H15F2N7O5. The molecule has 0 aliphatic rings. The first-order valence-corrected chi connectivity index (χ1v) is 8.46. The fraction of sp³-hybridized carbons (Fsp3) is 0.250. The van der Waals surface area contributed by atoms with Gasteiger partial charge >= 0.3 is 12.6 Å². The van der Waals surface area contributed by atoms with Gasteiger partial charge < -0.3 is 24.9 Å². The molecule has 12 nitrogen and oxygen atoms in total. The maximum absolute atomic E-state index is 12.5. The zero-order chi connectivity index (χ0) is 21.7. The highest BCUT2D eigenvalue weighted by Crippen LogP contribution is 2.31. The highest BCUT2D eigenvalue weighted by molar-refractivity contribution is 6.02. The topological polar surface area (TPSA) is 139 Å². The smallest absolute Gasteiger partial charge is 0.490 e. The number of nitrogens with one attached hydrogen (secondary N) is 1. The van der Waals surface area contributed by atoms with Crippen molar-refractivity contribution in [1.29, 1.82) is 0 Å². The van der Waals surface area contributed by atoms with E-state index in [4.69, 9.17) is 4.74 Å². The molecule has 0 fully saturated rings. The first-order valence-electron chi connectivity index (χ1n) is 8.46. The lowest BCUT2D eigenvalue weighted by atomic mass is 10.2. The standard InChI is InChI=1S/C16H15F2N7O5/c1-2-29-13-7-10(3-4-12(13)30-15(17)18)20-14(26)11-5-6-23(21-11)9-24-8-19-16(22-24)25(27)28/h3-8,15H,2,9H2,1H3,(H,20,26). The average Bonchev–Trinajstić information content (AvgIpc) is 3.34. The van der Waals surface area contributed by atoms with Gasteiger partial charge in [-0.15, -0.1) is 0 Å². The second-order valence-corrected chi connectivity index (χ2v) is 5.65. The second-order valence-electron chi connectivity index (χ2n) is 5.65. The Morgan fingerprint density at radius 2 is 2.07 bits per heavy atom. The third kappa shape index (κ3) is 5.03. The minimum absolute atomic E-state index is 0.00225. The molecule has 14 heteroatoms. The van der Waals surface area contributed by atoms with E-state index in [9.17, 15) is 23.7 Å². The van der Waals surface area contributed by atoms with Gasteiger partial charge in [0.15, 0.2) is 23.9 Å². The maximum atomic E-state index is 12.5. The van der Waals surface area contributed by atoms with Crippen LogP contribution in [0, 0.1) is 10.1 Å². The number of hydrogen-bond donors (Lipinski definition) is 1. The average molecular weight is 423 g/mol. The van der Waals surface area contributed by atoms with Crippen molar-refractivity contribution >= 4 is 17.5 Å². The van der Waals surface area contributed by atoms with Crippen molar-refractivity contribution in [2.45, 2.75) is 20.2 Å². The lowest BCUT2D eigenvalue weighted by Crippen LogP contribution is -2.15. The Hall–Kier alpha value is -4.10. The molecule has 0 spiro atoms. The van der Waals surface area contributed by atoms with Crippen molar-refractivity contribution in [3.8, 4) is 11.5 Å². The number of halogens is 2. The van der Waals surface area contributed by atoms with E-state index in [0.717, 1.165) is 6.33 Å². The molecule has 3 rings (SSSR count). The molecule has 2 aromatic heterocycles. The Morgan fingerprint density at radius 3 is 2.73 bits per heavy atom. The van der Waals surface area contributed by atoms with Crippen molar-refractivity contribution in [3.63, 3.8) is 0 Å². The summed E-state index contributed by atoms with van der Waals surface area (Å²) in [6, 6.07) is 5.41. The summed E-state index contributed by atoms with van der Waals surface area (Å²) in [4.78, 5) is 25.8. The van der Waals surface area contributed by atoms with E-state index in [-0.39, 0.29) is 36.2 Å². The first-order chi connectivity index (χ1) is 14.4. The third-order valence-electron chi connectivity index (χ3n) is 3.57. The molecule has 0 aliphatic carbocycles. The molecular weight excluding hydrogens is 408 g/mol. The number of nitrogens with zero attached hydrogens (tertiary/aromatic N) is 6. The molecule has 0 aliphatic heterocycles. The van der Waals surface area contributed by atoms with E-state index >= 15 is 0 Å². The fourth-order valence-corrected chi connectivity index (χ4v) is 2.39. The number of carbonyl (C=O) groups is 1. The van der Waals surface area contributed by atoms with Crippen LogP contribution in [0.1, 0.15) is 17.4 Å². The van der Waals surface area contributed by atoms with Crippen molar-refractivity contribution in [1.82, 2.24) is 24.5 Å². The van der Waals surface area contributed by atoms with Gasteiger partial charge in [-0.2, -0.15) is 18.6 Å². The second kappa shape index (κ2) is 8.93. The summed E-state index contributed by atoms with van der Waals surface area (Å²) in [5, 5.41) is 20.9. The first kappa shape index (κ1) is 20.6. The van der Waals surface area contributed by atoms with E-state index in [1.807, 2.05) is 0 Å². The van der Waals surface area contributed by atoms with Crippen molar-refractivity contribution in [2.24, 2.45) is 0 Å². The number of rotatable bonds is 9. The van der Waals surface area contributed by atoms with Gasteiger partial charge in [-0.25, -0.2) is 4.68 Å². The maximum Gasteiger partial charge on any atom is 0.491 e. The van der Waals surface area contributed by atoms with Crippen LogP contribution in [0.3, 0.4) is 0 Å². The van der Waals surface area contributed by atoms with Crippen LogP contribution in [0.25, 0.3) is 0 Å². The summed E-state index contributed by atoms with van der Waals surface area (Å²) >= 11 is 0. The highest BCUT2D eigenvalue weighted by atomic mass is 19.3. The Bertz CT molecular complexity index is 1050. The van der Waals surface area contributed by atoms with E-state index in [1.54, 1.807) is 6.92 Å². The van der Waals surface area contributed by atoms with Crippen molar-refractivity contribution in [2.75, 3.05) is 11.9 Å². The molecule has 0 saturated carbocycles. The molecule has 0 atom stereocenters. The molecule has 1 aromatic carbocycles. The van der Waals surface area contributed by atoms with Crippen LogP contribution in [-0.4, -0.2) is 48.6 Å². The number of nitro groups is 1. The van der Waals surface area contributed by atoms with Crippen molar-refractivity contribution in [3.05, 3.63) is 52.6 Å². The number of ether oxygens (including phenoxy) is 2. The molecule has 0 bridgehead atoms. The van der Waals surface area contributed by atoms with Gasteiger partial charge in [0.25, 0.3) is 5.91 Å². The molecule has 2 heterocycles. The summed E-state index contributed by atoms with van der Waals surface area (Å²) < 4.78 is 37.1. The predicted molar refractivity (Wildman–Crippen MR) is 96.5 cm³/mol. The van der Waals surface area contributed by atoms with Gasteiger partial charge in [-0.3, -0.25) is 4.79 Å². The number of carbonyl (C=O) groups excluding carboxylic acids is 1. The minimum Gasteiger partial charge on any atom is -0.490 e. The monoisotopic (exact) mass is 423 g/mol. The lowest BCUT2D eigenvalue weighted by Gasteiger charge is -2.13. The van der Waals surface area contributed by atoms with Crippen LogP contribution >= 0.6 is 0 Å². The molecule has 1 N–H and O–H groups in total. The van der Waals surface area contributed by atoms with Crippen LogP contribution in [0.15, 0.2) is 36.8 Å². The van der Waals surface area contributed by atoms with Gasteiger partial charge in [-0.05, 0) is 30.0 Å². The molecule has 0 saturated heterocycles. The highest BCUT2D eigenvalue weighted by Gasteiger charge is 2.16. The summed E-state index contributed by atoms with van der Waals surface area (Å²) in [5.74, 6) is -1.22. The Kier molecular flexibility index (Phi) is 6.14. The quantitative estimate of drug-likeness (QED) is 0.408. The molecule has 158 valence electrons. The zero-order valence-electron chi connectivity index (χ0n) is 15.4. The Balaban J connectivity index is 1.68. The van der Waals surface area contributed by atoms with Crippen LogP contribution in [-0.2, 0) is 6.67 Å².